The molecule has 2 N–H and O–H groups in total. The molecular formula is C6H7ClN2. The van der Waals surface area contributed by atoms with Gasteiger partial charge in [0.15, 0.2) is 0 Å². The van der Waals surface area contributed by atoms with Gasteiger partial charge in [-0.05, 0) is 13.0 Å². The van der Waals surface area contributed by atoms with Gasteiger partial charge in [-0.15, -0.1) is 0 Å². The monoisotopic (exact) mass is 142 g/mol. The maximum absolute atomic E-state index is 5.69. The van der Waals surface area contributed by atoms with Crippen molar-refractivity contribution < 1.29 is 0 Å². The van der Waals surface area contributed by atoms with Crippen LogP contribution < -0.4 is 5.73 Å². The number of nitrogens with two attached hydrogens (primary N) is 1. The average molecular weight is 143 g/mol. The fourth-order valence-electron chi connectivity index (χ4n) is 0.527. The van der Waals surface area contributed by atoms with Crippen LogP contribution in [0.2, 0.25) is 5.02 Å². The lowest BCUT2D eigenvalue weighted by Gasteiger charge is -1.97. The zero-order valence-corrected chi connectivity index (χ0v) is 5.81. The Bertz CT molecular complexity index is 202. The van der Waals surface area contributed by atoms with E-state index in [9.17, 15) is 0 Å². The lowest BCUT2D eigenvalue weighted by Crippen LogP contribution is -1.92. The topological polar surface area (TPSA) is 38.9 Å². The summed E-state index contributed by atoms with van der Waals surface area (Å²) in [7, 11) is 0. The van der Waals surface area contributed by atoms with E-state index >= 15 is 0 Å². The van der Waals surface area contributed by atoms with Crippen molar-refractivity contribution in [2.24, 2.45) is 0 Å². The summed E-state index contributed by atoms with van der Waals surface area (Å²) in [4.78, 5) is 3.83. The average Bonchev–Trinajstić information content (AvgIpc) is 1.83. The molecule has 1 rings (SSSR count). The van der Waals surface area contributed by atoms with Crippen LogP contribution in [0, 0.1) is 6.92 Å². The molecule has 0 fully saturated rings. The molecule has 3 heteroatoms. The number of anilines is 1. The maximum Gasteiger partial charge on any atom is 0.127 e. The molecule has 1 aromatic heterocycles. The van der Waals surface area contributed by atoms with Gasteiger partial charge in [-0.2, -0.15) is 0 Å². The van der Waals surface area contributed by atoms with E-state index in [2.05, 4.69) is 4.98 Å². The standard InChI is InChI=1S/C6H7ClN2/c1-4-5(7)2-3-9-6(4)8/h2-3H,1H3,(H2,8,9). The first-order valence-corrected chi connectivity index (χ1v) is 2.96. The SMILES string of the molecule is Cc1c(Cl)ccnc1N. The molecule has 0 unspecified atom stereocenters. The van der Waals surface area contributed by atoms with Gasteiger partial charge in [0.2, 0.25) is 0 Å². The van der Waals surface area contributed by atoms with Crippen molar-refractivity contribution in [2.45, 2.75) is 6.92 Å². The minimum Gasteiger partial charge on any atom is -0.383 e. The second-order valence-corrected chi connectivity index (χ2v) is 2.21. The van der Waals surface area contributed by atoms with Crippen molar-refractivity contribution in [3.63, 3.8) is 0 Å². The Hall–Kier alpha value is -0.760. The van der Waals surface area contributed by atoms with Crippen LogP contribution in [0.15, 0.2) is 12.3 Å². The molecule has 1 heterocycles. The van der Waals surface area contributed by atoms with Gasteiger partial charge < -0.3 is 5.73 Å². The van der Waals surface area contributed by atoms with Crippen molar-refractivity contribution in [1.29, 1.82) is 0 Å². The Kier molecular flexibility index (Phi) is 1.58. The van der Waals surface area contributed by atoms with Gasteiger partial charge in [-0.25, -0.2) is 4.98 Å². The minimum absolute atomic E-state index is 0.502. The quantitative estimate of drug-likeness (QED) is 0.598. The molecule has 48 valence electrons. The molecule has 0 saturated carbocycles. The lowest BCUT2D eigenvalue weighted by molar-refractivity contribution is 1.28. The highest BCUT2D eigenvalue weighted by Gasteiger charge is 1.96. The van der Waals surface area contributed by atoms with E-state index in [0.717, 1.165) is 5.56 Å². The van der Waals surface area contributed by atoms with E-state index < -0.39 is 0 Å². The Morgan fingerprint density at radius 3 is 2.78 bits per heavy atom. The number of hydrogen-bond donors (Lipinski definition) is 1. The summed E-state index contributed by atoms with van der Waals surface area (Å²) in [5.41, 5.74) is 6.27. The molecule has 0 spiro atoms. The largest absolute Gasteiger partial charge is 0.383 e. The van der Waals surface area contributed by atoms with Crippen LogP contribution in [-0.4, -0.2) is 4.98 Å². The third kappa shape index (κ3) is 1.13. The van der Waals surface area contributed by atoms with Gasteiger partial charge in [0.1, 0.15) is 5.82 Å². The van der Waals surface area contributed by atoms with E-state index in [1.54, 1.807) is 12.3 Å². The fourth-order valence-corrected chi connectivity index (χ4v) is 0.680. The van der Waals surface area contributed by atoms with E-state index in [-0.39, 0.29) is 0 Å². The molecule has 0 aromatic carbocycles. The van der Waals surface area contributed by atoms with Crippen LogP contribution in [0.5, 0.6) is 0 Å². The highest BCUT2D eigenvalue weighted by atomic mass is 35.5. The fraction of sp³-hybridized carbons (Fsp3) is 0.167. The van der Waals surface area contributed by atoms with Crippen LogP contribution in [0.4, 0.5) is 5.82 Å². The van der Waals surface area contributed by atoms with Gasteiger partial charge in [0.05, 0.1) is 0 Å². The summed E-state index contributed by atoms with van der Waals surface area (Å²) in [5, 5.41) is 0.669. The van der Waals surface area contributed by atoms with E-state index in [1.165, 1.54) is 0 Å². The van der Waals surface area contributed by atoms with E-state index in [4.69, 9.17) is 17.3 Å². The summed E-state index contributed by atoms with van der Waals surface area (Å²) >= 11 is 5.69. The number of pyridine rings is 1. The molecule has 9 heavy (non-hydrogen) atoms. The van der Waals surface area contributed by atoms with Gasteiger partial charge in [-0.3, -0.25) is 0 Å². The molecule has 0 atom stereocenters. The Morgan fingerprint density at radius 2 is 2.33 bits per heavy atom. The number of nitrogen functional groups attached to an aromatic ring is 1. The van der Waals surface area contributed by atoms with Crippen LogP contribution >= 0.6 is 11.6 Å². The molecule has 0 bridgehead atoms. The Balaban J connectivity index is 3.25. The molecule has 1 aromatic rings. The highest BCUT2D eigenvalue weighted by Crippen LogP contribution is 2.16. The van der Waals surface area contributed by atoms with Crippen LogP contribution in [0.25, 0.3) is 0 Å². The highest BCUT2D eigenvalue weighted by molar-refractivity contribution is 6.31. The number of nitrogens with zero attached hydrogens (tertiary/aromatic N) is 1. The third-order valence-electron chi connectivity index (χ3n) is 1.18. The molecular weight excluding hydrogens is 136 g/mol. The molecule has 0 aliphatic heterocycles. The first-order chi connectivity index (χ1) is 4.22. The Morgan fingerprint density at radius 1 is 1.67 bits per heavy atom. The van der Waals surface area contributed by atoms with Gasteiger partial charge >= 0.3 is 0 Å². The normalized spacial score (nSPS) is 9.56. The first kappa shape index (κ1) is 6.36. The molecule has 0 aliphatic rings. The lowest BCUT2D eigenvalue weighted by atomic mass is 10.3. The number of halogens is 1. The second kappa shape index (κ2) is 2.23. The van der Waals surface area contributed by atoms with Crippen molar-refractivity contribution in [3.8, 4) is 0 Å². The number of aromatic nitrogens is 1. The van der Waals surface area contributed by atoms with E-state index in [0.29, 0.717) is 10.8 Å². The smallest absolute Gasteiger partial charge is 0.127 e. The molecule has 0 saturated heterocycles. The van der Waals surface area contributed by atoms with Crippen molar-refractivity contribution in [1.82, 2.24) is 4.98 Å². The van der Waals surface area contributed by atoms with Gasteiger partial charge in [0.25, 0.3) is 0 Å². The summed E-state index contributed by atoms with van der Waals surface area (Å²) in [6, 6.07) is 1.72. The first-order valence-electron chi connectivity index (χ1n) is 2.58. The van der Waals surface area contributed by atoms with Gasteiger partial charge in [-0.1, -0.05) is 11.6 Å². The summed E-state index contributed by atoms with van der Waals surface area (Å²) in [6.45, 7) is 1.84. The molecule has 0 amide bonds. The molecule has 2 nitrogen and oxygen atoms in total. The van der Waals surface area contributed by atoms with Crippen molar-refractivity contribution in [2.75, 3.05) is 5.73 Å². The zero-order chi connectivity index (χ0) is 6.85. The predicted octanol–water partition coefficient (Wildman–Crippen LogP) is 1.63. The zero-order valence-electron chi connectivity index (χ0n) is 5.06. The van der Waals surface area contributed by atoms with Crippen molar-refractivity contribution >= 4 is 17.4 Å². The van der Waals surface area contributed by atoms with Crippen LogP contribution in [0.1, 0.15) is 5.56 Å². The summed E-state index contributed by atoms with van der Waals surface area (Å²) in [5.74, 6) is 0.502. The van der Waals surface area contributed by atoms with E-state index in [1.807, 2.05) is 6.92 Å². The number of rotatable bonds is 0. The minimum atomic E-state index is 0.502. The predicted molar refractivity (Wildman–Crippen MR) is 38.4 cm³/mol. The summed E-state index contributed by atoms with van der Waals surface area (Å²) in [6.07, 6.45) is 1.59. The van der Waals surface area contributed by atoms with Crippen LogP contribution in [0.3, 0.4) is 0 Å². The molecule has 0 aliphatic carbocycles. The van der Waals surface area contributed by atoms with Crippen LogP contribution in [-0.2, 0) is 0 Å². The Labute approximate surface area is 58.7 Å². The van der Waals surface area contributed by atoms with Gasteiger partial charge in [0, 0.05) is 16.8 Å². The molecule has 0 radical (unpaired) electrons. The second-order valence-electron chi connectivity index (χ2n) is 1.80. The summed E-state index contributed by atoms with van der Waals surface area (Å²) < 4.78 is 0. The number of hydrogen-bond acceptors (Lipinski definition) is 2. The van der Waals surface area contributed by atoms with Crippen molar-refractivity contribution in [3.05, 3.63) is 22.8 Å². The third-order valence-corrected chi connectivity index (χ3v) is 1.59. The maximum atomic E-state index is 5.69.